The van der Waals surface area contributed by atoms with Gasteiger partial charge in [0.2, 0.25) is 21.8 Å². The molecule has 0 amide bonds. The third kappa shape index (κ3) is 4.71. The Kier molecular flexibility index (Phi) is 6.89. The van der Waals surface area contributed by atoms with E-state index in [1.54, 1.807) is 37.4 Å². The largest absolute Gasteiger partial charge is 0.483 e. The Morgan fingerprint density at radius 3 is 1.87 bits per heavy atom. The molecule has 0 saturated carbocycles. The molecule has 0 bridgehead atoms. The van der Waals surface area contributed by atoms with E-state index in [2.05, 4.69) is 9.71 Å². The highest BCUT2D eigenvalue weighted by Gasteiger charge is 2.38. The van der Waals surface area contributed by atoms with Gasteiger partial charge in [0, 0.05) is 0 Å². The van der Waals surface area contributed by atoms with Gasteiger partial charge < -0.3 is 9.47 Å². The number of nitrogens with one attached hydrogen (secondary N) is 1. The van der Waals surface area contributed by atoms with Crippen LogP contribution in [0.4, 0.5) is 0 Å². The first-order valence-corrected chi connectivity index (χ1v) is 11.2. The van der Waals surface area contributed by atoms with E-state index in [-0.39, 0.29) is 16.9 Å². The van der Waals surface area contributed by atoms with E-state index < -0.39 is 22.1 Å². The van der Waals surface area contributed by atoms with Gasteiger partial charge >= 0.3 is 0 Å². The first-order chi connectivity index (χ1) is 14.4. The van der Waals surface area contributed by atoms with Crippen molar-refractivity contribution in [2.75, 3.05) is 14.2 Å². The molecule has 0 saturated heterocycles. The number of sulfonamides is 1. The summed E-state index contributed by atoms with van der Waals surface area (Å²) in [4.78, 5) is 9.58. The van der Waals surface area contributed by atoms with Crippen LogP contribution >= 0.6 is 0 Å². The van der Waals surface area contributed by atoms with Crippen molar-refractivity contribution in [2.45, 2.75) is 36.9 Å². The summed E-state index contributed by atoms with van der Waals surface area (Å²) in [6.07, 6.45) is 0. The highest BCUT2D eigenvalue weighted by atomic mass is 32.2. The molecule has 2 aromatic carbocycles. The Hall–Kier alpha value is -2.71. The van der Waals surface area contributed by atoms with Gasteiger partial charge in [-0.25, -0.2) is 23.1 Å². The summed E-state index contributed by atoms with van der Waals surface area (Å²) in [6.45, 7) is 4.03. The van der Waals surface area contributed by atoms with Crippen molar-refractivity contribution in [3.63, 3.8) is 0 Å². The first kappa shape index (κ1) is 22.0. The van der Waals surface area contributed by atoms with Crippen molar-refractivity contribution in [2.24, 2.45) is 15.9 Å². The van der Waals surface area contributed by atoms with Gasteiger partial charge in [-0.05, 0) is 23.6 Å². The molecular formula is C22H27N3O4S. The SMILES string of the molecule is COC1=N[C@H](C(C)C)C(OC)=N[C@H]1[C@@H](NS(=O)(=O)c1ccccc1)c1ccccc1. The van der Waals surface area contributed by atoms with Crippen molar-refractivity contribution in [3.05, 3.63) is 66.2 Å². The van der Waals surface area contributed by atoms with E-state index in [4.69, 9.17) is 14.5 Å². The Balaban J connectivity index is 2.07. The molecule has 0 spiro atoms. The summed E-state index contributed by atoms with van der Waals surface area (Å²) >= 11 is 0. The number of nitrogens with zero attached hydrogens (tertiary/aromatic N) is 2. The van der Waals surface area contributed by atoms with Crippen LogP contribution in [0.3, 0.4) is 0 Å². The van der Waals surface area contributed by atoms with Crippen LogP contribution in [0.1, 0.15) is 25.5 Å². The average molecular weight is 430 g/mol. The van der Waals surface area contributed by atoms with Crippen molar-refractivity contribution in [3.8, 4) is 0 Å². The van der Waals surface area contributed by atoms with Crippen LogP contribution in [0.15, 0.2) is 75.5 Å². The molecule has 160 valence electrons. The number of methoxy groups -OCH3 is 2. The smallest absolute Gasteiger partial charge is 0.241 e. The number of hydrogen-bond donors (Lipinski definition) is 1. The van der Waals surface area contributed by atoms with Gasteiger partial charge in [0.15, 0.2) is 0 Å². The molecule has 7 nitrogen and oxygen atoms in total. The molecule has 30 heavy (non-hydrogen) atoms. The standard InChI is InChI=1S/C22H27N3O4S/c1-15(2)18-21(28-3)24-20(22(23-18)29-4)19(16-11-7-5-8-12-16)25-30(26,27)17-13-9-6-10-14-17/h5-15,18-20,25H,1-4H3/t18-,19+,20+/m1/s1. The molecule has 8 heteroatoms. The van der Waals surface area contributed by atoms with Gasteiger partial charge in [-0.1, -0.05) is 62.4 Å². The molecule has 1 heterocycles. The zero-order valence-electron chi connectivity index (χ0n) is 17.5. The summed E-state index contributed by atoms with van der Waals surface area (Å²) in [7, 11) is -0.749. The lowest BCUT2D eigenvalue weighted by atomic mass is 9.97. The maximum absolute atomic E-state index is 13.1. The van der Waals surface area contributed by atoms with Gasteiger partial charge in [0.05, 0.1) is 25.2 Å². The normalized spacial score (nSPS) is 20.3. The predicted octanol–water partition coefficient (Wildman–Crippen LogP) is 3.20. The van der Waals surface area contributed by atoms with Gasteiger partial charge in [-0.2, -0.15) is 0 Å². The average Bonchev–Trinajstić information content (AvgIpc) is 2.77. The molecule has 0 radical (unpaired) electrons. The van der Waals surface area contributed by atoms with E-state index in [1.807, 2.05) is 44.2 Å². The predicted molar refractivity (Wildman–Crippen MR) is 117 cm³/mol. The van der Waals surface area contributed by atoms with Gasteiger partial charge in [-0.3, -0.25) is 0 Å². The third-order valence-corrected chi connectivity index (χ3v) is 6.36. The Labute approximate surface area is 177 Å². The van der Waals surface area contributed by atoms with Crippen LogP contribution in [0.2, 0.25) is 0 Å². The monoisotopic (exact) mass is 429 g/mol. The van der Waals surface area contributed by atoms with Crippen molar-refractivity contribution in [1.82, 2.24) is 4.72 Å². The minimum atomic E-state index is -3.81. The fourth-order valence-corrected chi connectivity index (χ4v) is 4.60. The van der Waals surface area contributed by atoms with Crippen molar-refractivity contribution in [1.29, 1.82) is 0 Å². The molecule has 0 aromatic heterocycles. The van der Waals surface area contributed by atoms with E-state index in [1.165, 1.54) is 7.11 Å². The minimum absolute atomic E-state index is 0.144. The molecule has 3 rings (SSSR count). The highest BCUT2D eigenvalue weighted by molar-refractivity contribution is 7.89. The van der Waals surface area contributed by atoms with Crippen LogP contribution in [0, 0.1) is 5.92 Å². The third-order valence-electron chi connectivity index (χ3n) is 4.90. The molecule has 1 aliphatic heterocycles. The molecule has 2 aromatic rings. The zero-order valence-corrected chi connectivity index (χ0v) is 18.3. The topological polar surface area (TPSA) is 89.3 Å². The molecule has 0 fully saturated rings. The lowest BCUT2D eigenvalue weighted by Crippen LogP contribution is -2.45. The second-order valence-corrected chi connectivity index (χ2v) is 9.01. The molecular weight excluding hydrogens is 402 g/mol. The Morgan fingerprint density at radius 2 is 1.33 bits per heavy atom. The van der Waals surface area contributed by atoms with Crippen LogP contribution in [0.25, 0.3) is 0 Å². The van der Waals surface area contributed by atoms with E-state index in [9.17, 15) is 8.42 Å². The van der Waals surface area contributed by atoms with Crippen LogP contribution in [-0.2, 0) is 19.5 Å². The first-order valence-electron chi connectivity index (χ1n) is 9.73. The molecule has 0 aliphatic carbocycles. The van der Waals surface area contributed by atoms with E-state index in [0.29, 0.717) is 11.8 Å². The highest BCUT2D eigenvalue weighted by Crippen LogP contribution is 2.28. The Bertz CT molecular complexity index is 1010. The number of aliphatic imine (C=N–C) groups is 2. The van der Waals surface area contributed by atoms with Crippen molar-refractivity contribution >= 4 is 21.8 Å². The number of ether oxygens (including phenoxy) is 2. The molecule has 3 atom stereocenters. The maximum atomic E-state index is 13.1. The number of benzene rings is 2. The second-order valence-electron chi connectivity index (χ2n) is 7.30. The zero-order chi connectivity index (χ0) is 21.7. The van der Waals surface area contributed by atoms with Crippen molar-refractivity contribution < 1.29 is 17.9 Å². The van der Waals surface area contributed by atoms with Crippen LogP contribution in [-0.4, -0.2) is 46.5 Å². The van der Waals surface area contributed by atoms with Gasteiger partial charge in [-0.15, -0.1) is 0 Å². The summed E-state index contributed by atoms with van der Waals surface area (Å²) in [5, 5.41) is 0. The lowest BCUT2D eigenvalue weighted by molar-refractivity contribution is 0.324. The quantitative estimate of drug-likeness (QED) is 0.764. The van der Waals surface area contributed by atoms with Crippen LogP contribution in [0.5, 0.6) is 0 Å². The summed E-state index contributed by atoms with van der Waals surface area (Å²) in [5.74, 6) is 0.959. The fraction of sp³-hybridized carbons (Fsp3) is 0.364. The summed E-state index contributed by atoms with van der Waals surface area (Å²) in [6, 6.07) is 15.8. The fourth-order valence-electron chi connectivity index (χ4n) is 3.35. The van der Waals surface area contributed by atoms with Crippen LogP contribution < -0.4 is 4.72 Å². The van der Waals surface area contributed by atoms with Gasteiger partial charge in [0.1, 0.15) is 12.1 Å². The lowest BCUT2D eigenvalue weighted by Gasteiger charge is -2.31. The molecule has 0 unspecified atom stereocenters. The second kappa shape index (κ2) is 9.40. The summed E-state index contributed by atoms with van der Waals surface area (Å²) in [5.41, 5.74) is 0.744. The van der Waals surface area contributed by atoms with E-state index in [0.717, 1.165) is 5.56 Å². The molecule has 1 N–H and O–H groups in total. The molecule has 1 aliphatic rings. The number of hydrogen-bond acceptors (Lipinski definition) is 6. The summed E-state index contributed by atoms with van der Waals surface area (Å²) < 4.78 is 40.1. The van der Waals surface area contributed by atoms with Gasteiger partial charge in [0.25, 0.3) is 0 Å². The number of rotatable bonds is 6. The minimum Gasteiger partial charge on any atom is -0.483 e. The Morgan fingerprint density at radius 1 is 0.833 bits per heavy atom. The van der Waals surface area contributed by atoms with E-state index >= 15 is 0 Å². The maximum Gasteiger partial charge on any atom is 0.241 e.